The molecular formula is C17H27Br. The predicted molar refractivity (Wildman–Crippen MR) is 85.9 cm³/mol. The van der Waals surface area contributed by atoms with Crippen LogP contribution in [0.25, 0.3) is 0 Å². The summed E-state index contributed by atoms with van der Waals surface area (Å²) in [4.78, 5) is 0.498. The highest BCUT2D eigenvalue weighted by molar-refractivity contribution is 9.09. The molecule has 102 valence electrons. The number of hydrogen-bond acceptors (Lipinski definition) is 0. The van der Waals surface area contributed by atoms with Crippen LogP contribution in [0.3, 0.4) is 0 Å². The van der Waals surface area contributed by atoms with Gasteiger partial charge >= 0.3 is 0 Å². The lowest BCUT2D eigenvalue weighted by molar-refractivity contribution is 0.553. The van der Waals surface area contributed by atoms with E-state index in [0.717, 1.165) is 5.92 Å². The van der Waals surface area contributed by atoms with Gasteiger partial charge in [0.1, 0.15) is 0 Å². The fraction of sp³-hybridized carbons (Fsp3) is 0.647. The van der Waals surface area contributed by atoms with Crippen LogP contribution >= 0.6 is 15.9 Å². The summed E-state index contributed by atoms with van der Waals surface area (Å²) >= 11 is 3.91. The van der Waals surface area contributed by atoms with Gasteiger partial charge in [-0.1, -0.05) is 29.8 Å². The van der Waals surface area contributed by atoms with E-state index in [1.54, 1.807) is 0 Å². The molecule has 0 aliphatic heterocycles. The van der Waals surface area contributed by atoms with Crippen molar-refractivity contribution in [3.8, 4) is 0 Å². The number of halogens is 1. The molecule has 0 aliphatic carbocycles. The first-order valence-electron chi connectivity index (χ1n) is 6.98. The molecule has 18 heavy (non-hydrogen) atoms. The third-order valence-corrected chi connectivity index (χ3v) is 5.28. The zero-order chi connectivity index (χ0) is 14.0. The highest BCUT2D eigenvalue weighted by atomic mass is 79.9. The molecule has 0 saturated heterocycles. The average Bonchev–Trinajstić information content (AvgIpc) is 2.31. The van der Waals surface area contributed by atoms with Crippen molar-refractivity contribution < 1.29 is 0 Å². The van der Waals surface area contributed by atoms with Crippen LogP contribution in [0.1, 0.15) is 64.9 Å². The fourth-order valence-electron chi connectivity index (χ4n) is 2.62. The van der Waals surface area contributed by atoms with Crippen molar-refractivity contribution in [2.75, 3.05) is 0 Å². The van der Waals surface area contributed by atoms with Gasteiger partial charge in [-0.25, -0.2) is 0 Å². The van der Waals surface area contributed by atoms with Crippen molar-refractivity contribution in [1.29, 1.82) is 0 Å². The first-order valence-corrected chi connectivity index (χ1v) is 7.89. The maximum absolute atomic E-state index is 3.91. The molecule has 1 rings (SSSR count). The molecule has 0 fully saturated rings. The predicted octanol–water partition coefficient (Wildman–Crippen LogP) is 6.10. The van der Waals surface area contributed by atoms with Crippen molar-refractivity contribution >= 4 is 15.9 Å². The lowest BCUT2D eigenvalue weighted by atomic mass is 9.87. The van der Waals surface area contributed by atoms with Gasteiger partial charge in [0.05, 0.1) is 0 Å². The van der Waals surface area contributed by atoms with E-state index < -0.39 is 0 Å². The molecule has 1 atom stereocenters. The molecule has 0 bridgehead atoms. The van der Waals surface area contributed by atoms with Crippen molar-refractivity contribution in [2.24, 2.45) is 5.92 Å². The second-order valence-corrected chi connectivity index (χ2v) is 7.08. The summed E-state index contributed by atoms with van der Waals surface area (Å²) in [6, 6.07) is 0. The number of alkyl halides is 1. The van der Waals surface area contributed by atoms with Crippen LogP contribution in [-0.2, 0) is 0 Å². The summed E-state index contributed by atoms with van der Waals surface area (Å²) in [5.41, 5.74) is 8.85. The molecule has 0 radical (unpaired) electrons. The van der Waals surface area contributed by atoms with Gasteiger partial charge in [-0.3, -0.25) is 0 Å². The minimum atomic E-state index is 0.498. The van der Waals surface area contributed by atoms with Gasteiger partial charge < -0.3 is 0 Å². The summed E-state index contributed by atoms with van der Waals surface area (Å²) in [6.45, 7) is 15.9. The van der Waals surface area contributed by atoms with E-state index in [1.807, 2.05) is 0 Å². The quantitative estimate of drug-likeness (QED) is 0.589. The maximum Gasteiger partial charge on any atom is 0.0400 e. The molecule has 1 aromatic carbocycles. The van der Waals surface area contributed by atoms with Gasteiger partial charge in [-0.05, 0) is 86.8 Å². The molecule has 0 amide bonds. The average molecular weight is 311 g/mol. The van der Waals surface area contributed by atoms with E-state index in [4.69, 9.17) is 0 Å². The summed E-state index contributed by atoms with van der Waals surface area (Å²) in [5.74, 6) is 0.776. The summed E-state index contributed by atoms with van der Waals surface area (Å²) in [6.07, 6.45) is 2.50. The molecule has 0 aliphatic rings. The van der Waals surface area contributed by atoms with E-state index in [0.29, 0.717) is 4.83 Å². The molecule has 0 heterocycles. The Hall–Kier alpha value is -0.300. The van der Waals surface area contributed by atoms with Crippen molar-refractivity contribution in [3.63, 3.8) is 0 Å². The van der Waals surface area contributed by atoms with Crippen molar-refractivity contribution in [3.05, 3.63) is 33.4 Å². The zero-order valence-electron chi connectivity index (χ0n) is 12.9. The Morgan fingerprint density at radius 2 is 1.11 bits per heavy atom. The van der Waals surface area contributed by atoms with Gasteiger partial charge in [-0.2, -0.15) is 0 Å². The Morgan fingerprint density at radius 1 is 0.722 bits per heavy atom. The Kier molecular flexibility index (Phi) is 5.46. The highest BCUT2D eigenvalue weighted by Gasteiger charge is 2.18. The number of benzene rings is 1. The molecular weight excluding hydrogens is 284 g/mol. The SMILES string of the molecule is Cc1c(C)c(C)c(C(Br)CCC(C)C)c(C)c1C. The van der Waals surface area contributed by atoms with Gasteiger partial charge in [0.15, 0.2) is 0 Å². The van der Waals surface area contributed by atoms with Crippen LogP contribution in [0.5, 0.6) is 0 Å². The summed E-state index contributed by atoms with van der Waals surface area (Å²) in [5, 5.41) is 0. The molecule has 0 spiro atoms. The van der Waals surface area contributed by atoms with Gasteiger partial charge in [0.2, 0.25) is 0 Å². The minimum Gasteiger partial charge on any atom is -0.0839 e. The first kappa shape index (κ1) is 15.8. The Bertz CT molecular complexity index is 401. The lowest BCUT2D eigenvalue weighted by Gasteiger charge is -2.22. The van der Waals surface area contributed by atoms with E-state index in [2.05, 4.69) is 64.4 Å². The van der Waals surface area contributed by atoms with Gasteiger partial charge in [0.25, 0.3) is 0 Å². The zero-order valence-corrected chi connectivity index (χ0v) is 14.5. The Labute approximate surface area is 121 Å². The van der Waals surface area contributed by atoms with E-state index in [9.17, 15) is 0 Å². The number of rotatable bonds is 4. The second-order valence-electron chi connectivity index (χ2n) is 5.98. The lowest BCUT2D eigenvalue weighted by Crippen LogP contribution is -2.05. The fourth-order valence-corrected chi connectivity index (χ4v) is 3.57. The van der Waals surface area contributed by atoms with Crippen LogP contribution in [0, 0.1) is 40.5 Å². The minimum absolute atomic E-state index is 0.498. The standard InChI is InChI=1S/C17H27Br/c1-10(2)8-9-16(18)17-14(6)12(4)11(3)13(5)15(17)7/h10,16H,8-9H2,1-7H3. The maximum atomic E-state index is 3.91. The molecule has 0 saturated carbocycles. The van der Waals surface area contributed by atoms with Crippen LogP contribution in [-0.4, -0.2) is 0 Å². The topological polar surface area (TPSA) is 0 Å². The van der Waals surface area contributed by atoms with Gasteiger partial charge in [0, 0.05) is 4.83 Å². The van der Waals surface area contributed by atoms with Gasteiger partial charge in [-0.15, -0.1) is 0 Å². The smallest absolute Gasteiger partial charge is 0.0400 e. The van der Waals surface area contributed by atoms with E-state index >= 15 is 0 Å². The van der Waals surface area contributed by atoms with Crippen LogP contribution in [0.4, 0.5) is 0 Å². The van der Waals surface area contributed by atoms with E-state index in [1.165, 1.54) is 46.2 Å². The summed E-state index contributed by atoms with van der Waals surface area (Å²) < 4.78 is 0. The second kappa shape index (κ2) is 6.23. The monoisotopic (exact) mass is 310 g/mol. The van der Waals surface area contributed by atoms with E-state index in [-0.39, 0.29) is 0 Å². The largest absolute Gasteiger partial charge is 0.0839 e. The van der Waals surface area contributed by atoms with Crippen molar-refractivity contribution in [2.45, 2.75) is 66.1 Å². The third kappa shape index (κ3) is 3.17. The third-order valence-electron chi connectivity index (χ3n) is 4.37. The molecule has 0 nitrogen and oxygen atoms in total. The van der Waals surface area contributed by atoms with Crippen molar-refractivity contribution in [1.82, 2.24) is 0 Å². The van der Waals surface area contributed by atoms with Crippen LogP contribution in [0.2, 0.25) is 0 Å². The Balaban J connectivity index is 3.16. The van der Waals surface area contributed by atoms with Crippen LogP contribution < -0.4 is 0 Å². The molecule has 1 unspecified atom stereocenters. The Morgan fingerprint density at radius 3 is 1.50 bits per heavy atom. The summed E-state index contributed by atoms with van der Waals surface area (Å²) in [7, 11) is 0. The molecule has 1 heteroatoms. The highest BCUT2D eigenvalue weighted by Crippen LogP contribution is 2.37. The molecule has 0 aromatic heterocycles. The normalized spacial score (nSPS) is 13.2. The van der Waals surface area contributed by atoms with Crippen LogP contribution in [0.15, 0.2) is 0 Å². The first-order chi connectivity index (χ1) is 8.27. The molecule has 0 N–H and O–H groups in total. The number of hydrogen-bond donors (Lipinski definition) is 0. The molecule has 1 aromatic rings.